The summed E-state index contributed by atoms with van der Waals surface area (Å²) >= 11 is 0. The zero-order valence-electron chi connectivity index (χ0n) is 19.7. The lowest BCUT2D eigenvalue weighted by Gasteiger charge is -2.42. The first-order valence-corrected chi connectivity index (χ1v) is 11.3. The van der Waals surface area contributed by atoms with Gasteiger partial charge in [0.05, 0.1) is 6.61 Å². The highest BCUT2D eigenvalue weighted by atomic mass is 16.5. The molecule has 0 heterocycles. The van der Waals surface area contributed by atoms with Gasteiger partial charge < -0.3 is 9.84 Å². The van der Waals surface area contributed by atoms with Gasteiger partial charge in [-0.25, -0.2) is 4.79 Å². The van der Waals surface area contributed by atoms with Crippen LogP contribution in [0.1, 0.15) is 78.0 Å². The Morgan fingerprint density at radius 2 is 1.77 bits per heavy atom. The van der Waals surface area contributed by atoms with Crippen molar-refractivity contribution in [1.82, 2.24) is 0 Å². The van der Waals surface area contributed by atoms with E-state index in [0.717, 1.165) is 12.2 Å². The molecule has 3 heteroatoms. The van der Waals surface area contributed by atoms with Crippen molar-refractivity contribution in [1.29, 1.82) is 0 Å². The van der Waals surface area contributed by atoms with Crippen molar-refractivity contribution in [3.05, 3.63) is 58.7 Å². The number of carbonyl (C=O) groups is 1. The van der Waals surface area contributed by atoms with Crippen LogP contribution in [0.15, 0.2) is 42.0 Å². The number of carboxylic acids is 1. The smallest absolute Gasteiger partial charge is 0.328 e. The second-order valence-electron chi connectivity index (χ2n) is 10.7. The maximum absolute atomic E-state index is 10.9. The Labute approximate surface area is 182 Å². The summed E-state index contributed by atoms with van der Waals surface area (Å²) in [4.78, 5) is 10.9. The maximum Gasteiger partial charge on any atom is 0.328 e. The molecule has 2 aliphatic carbocycles. The highest BCUT2D eigenvalue weighted by Crippen LogP contribution is 2.61. The summed E-state index contributed by atoms with van der Waals surface area (Å²) in [5.74, 6) is -0.149. The Morgan fingerprint density at radius 3 is 2.37 bits per heavy atom. The Kier molecular flexibility index (Phi) is 6.08. The molecule has 3 rings (SSSR count). The van der Waals surface area contributed by atoms with E-state index < -0.39 is 5.97 Å². The lowest BCUT2D eigenvalue weighted by molar-refractivity contribution is -0.131. The van der Waals surface area contributed by atoms with Crippen molar-refractivity contribution in [2.24, 2.45) is 11.8 Å². The molecule has 30 heavy (non-hydrogen) atoms. The third-order valence-electron chi connectivity index (χ3n) is 7.68. The average molecular weight is 411 g/mol. The molecule has 0 spiro atoms. The van der Waals surface area contributed by atoms with Crippen LogP contribution in [0.2, 0.25) is 0 Å². The third kappa shape index (κ3) is 4.14. The number of ether oxygens (including phenoxy) is 1. The largest absolute Gasteiger partial charge is 0.478 e. The monoisotopic (exact) mass is 410 g/mol. The molecule has 0 radical (unpaired) electrons. The third-order valence-corrected chi connectivity index (χ3v) is 7.68. The molecule has 0 amide bonds. The van der Waals surface area contributed by atoms with Crippen LogP contribution >= 0.6 is 0 Å². The van der Waals surface area contributed by atoms with Crippen molar-refractivity contribution in [3.63, 3.8) is 0 Å². The molecule has 0 aliphatic heterocycles. The van der Waals surface area contributed by atoms with Gasteiger partial charge in [0.2, 0.25) is 0 Å². The van der Waals surface area contributed by atoms with Crippen molar-refractivity contribution < 1.29 is 14.6 Å². The molecule has 0 saturated heterocycles. The minimum Gasteiger partial charge on any atom is -0.478 e. The molecule has 0 aromatic heterocycles. The lowest BCUT2D eigenvalue weighted by atomic mass is 9.62. The van der Waals surface area contributed by atoms with Gasteiger partial charge in [-0.05, 0) is 71.6 Å². The van der Waals surface area contributed by atoms with E-state index in [-0.39, 0.29) is 16.2 Å². The van der Waals surface area contributed by atoms with Gasteiger partial charge in [0, 0.05) is 18.1 Å². The quantitative estimate of drug-likeness (QED) is 0.432. The molecular weight excluding hydrogens is 372 g/mol. The molecule has 1 saturated carbocycles. The Hall–Kier alpha value is -1.87. The summed E-state index contributed by atoms with van der Waals surface area (Å²) in [7, 11) is 0. The molecule has 1 aromatic carbocycles. The summed E-state index contributed by atoms with van der Waals surface area (Å²) in [5.41, 5.74) is 5.54. The van der Waals surface area contributed by atoms with Crippen LogP contribution in [0.5, 0.6) is 0 Å². The molecule has 1 fully saturated rings. The van der Waals surface area contributed by atoms with Crippen molar-refractivity contribution in [2.45, 2.75) is 77.6 Å². The number of carboxylic acid groups (broad SMARTS) is 1. The normalized spacial score (nSPS) is 29.6. The van der Waals surface area contributed by atoms with Crippen molar-refractivity contribution >= 4 is 5.97 Å². The predicted octanol–water partition coefficient (Wildman–Crippen LogP) is 6.16. The average Bonchev–Trinajstić information content (AvgIpc) is 3.25. The van der Waals surface area contributed by atoms with Gasteiger partial charge in [-0.15, -0.1) is 0 Å². The molecule has 0 bridgehead atoms. The fourth-order valence-electron chi connectivity index (χ4n) is 5.32. The standard InChI is InChI=1S/C27H38O3/c1-8-30-17-23-21(11-9-18(2)15-24(28)29)27(23,7)19-10-12-20-22(16-19)26(5,6)14-13-25(20,3)4/h9-12,15-16,21,23H,8,13-14,17H2,1-7H3,(H,28,29)/t21-,23-,27-/m1/s1. The van der Waals surface area contributed by atoms with Gasteiger partial charge in [0.25, 0.3) is 0 Å². The summed E-state index contributed by atoms with van der Waals surface area (Å²) in [6.07, 6.45) is 7.83. The second-order valence-corrected chi connectivity index (χ2v) is 10.7. The first-order chi connectivity index (χ1) is 13.9. The van der Waals surface area contributed by atoms with Crippen molar-refractivity contribution in [3.8, 4) is 0 Å². The van der Waals surface area contributed by atoms with Gasteiger partial charge in [-0.3, -0.25) is 0 Å². The molecule has 2 aliphatic rings. The summed E-state index contributed by atoms with van der Waals surface area (Å²) in [6, 6.07) is 7.15. The highest BCUT2D eigenvalue weighted by molar-refractivity contribution is 5.81. The zero-order valence-corrected chi connectivity index (χ0v) is 19.7. The number of allylic oxidation sites excluding steroid dienone is 3. The first-order valence-electron chi connectivity index (χ1n) is 11.3. The second kappa shape index (κ2) is 8.00. The summed E-state index contributed by atoms with van der Waals surface area (Å²) in [6.45, 7) is 17.1. The SMILES string of the molecule is CCOC[C@@H]1[C@@H](C=CC(C)=CC(=O)O)[C@@]1(C)c1ccc2c(c1)C(C)(C)CCC2(C)C. The molecule has 1 aromatic rings. The van der Waals surface area contributed by atoms with E-state index in [1.165, 1.54) is 35.6 Å². The van der Waals surface area contributed by atoms with Gasteiger partial charge in [-0.1, -0.05) is 65.0 Å². The highest BCUT2D eigenvalue weighted by Gasteiger charge is 2.60. The first kappa shape index (κ1) is 22.8. The van der Waals surface area contributed by atoms with E-state index in [2.05, 4.69) is 58.9 Å². The van der Waals surface area contributed by atoms with Crippen LogP contribution < -0.4 is 0 Å². The lowest BCUT2D eigenvalue weighted by Crippen LogP contribution is -2.34. The Balaban J connectivity index is 1.97. The zero-order chi connectivity index (χ0) is 22.3. The minimum atomic E-state index is -0.902. The summed E-state index contributed by atoms with van der Waals surface area (Å²) in [5, 5.41) is 8.99. The van der Waals surface area contributed by atoms with E-state index in [1.54, 1.807) is 0 Å². The molecular formula is C27H38O3. The number of aliphatic carboxylic acids is 1. The maximum atomic E-state index is 10.9. The molecule has 3 nitrogen and oxygen atoms in total. The van der Waals surface area contributed by atoms with Crippen LogP contribution in [0.4, 0.5) is 0 Å². The Morgan fingerprint density at radius 1 is 1.13 bits per heavy atom. The van der Waals surface area contributed by atoms with Crippen LogP contribution in [0.3, 0.4) is 0 Å². The molecule has 164 valence electrons. The van der Waals surface area contributed by atoms with Gasteiger partial charge >= 0.3 is 5.97 Å². The number of benzene rings is 1. The molecule has 1 N–H and O–H groups in total. The van der Waals surface area contributed by atoms with E-state index >= 15 is 0 Å². The van der Waals surface area contributed by atoms with Crippen LogP contribution in [0, 0.1) is 11.8 Å². The topological polar surface area (TPSA) is 46.5 Å². The fraction of sp³-hybridized carbons (Fsp3) is 0.593. The van der Waals surface area contributed by atoms with Crippen LogP contribution in [0.25, 0.3) is 0 Å². The summed E-state index contributed by atoms with van der Waals surface area (Å²) < 4.78 is 5.82. The number of hydrogen-bond donors (Lipinski definition) is 1. The van der Waals surface area contributed by atoms with Gasteiger partial charge in [-0.2, -0.15) is 0 Å². The van der Waals surface area contributed by atoms with E-state index in [1.807, 2.05) is 19.9 Å². The number of fused-ring (bicyclic) bond motifs is 1. The molecule has 3 atom stereocenters. The minimum absolute atomic E-state index is 0.0157. The van der Waals surface area contributed by atoms with Gasteiger partial charge in [0.15, 0.2) is 0 Å². The number of hydrogen-bond acceptors (Lipinski definition) is 2. The molecule has 0 unspecified atom stereocenters. The predicted molar refractivity (Wildman–Crippen MR) is 123 cm³/mol. The fourth-order valence-corrected chi connectivity index (χ4v) is 5.32. The Bertz CT molecular complexity index is 874. The van der Waals surface area contributed by atoms with E-state index in [9.17, 15) is 4.79 Å². The number of rotatable bonds is 7. The van der Waals surface area contributed by atoms with Gasteiger partial charge in [0.1, 0.15) is 0 Å². The van der Waals surface area contributed by atoms with Crippen molar-refractivity contribution in [2.75, 3.05) is 13.2 Å². The van der Waals surface area contributed by atoms with Crippen LogP contribution in [-0.2, 0) is 25.8 Å². The van der Waals surface area contributed by atoms with E-state index in [0.29, 0.717) is 18.4 Å². The van der Waals surface area contributed by atoms with Crippen LogP contribution in [-0.4, -0.2) is 24.3 Å². The van der Waals surface area contributed by atoms with E-state index in [4.69, 9.17) is 9.84 Å².